The van der Waals surface area contributed by atoms with Gasteiger partial charge in [-0.3, -0.25) is 0 Å². The number of nitrogens with one attached hydrogen (secondary N) is 2. The number of nitrogens with zero attached hydrogens (tertiary/aromatic N) is 5. The molecule has 1 aliphatic heterocycles. The van der Waals surface area contributed by atoms with Crippen molar-refractivity contribution in [1.82, 2.24) is 29.9 Å². The van der Waals surface area contributed by atoms with E-state index in [1.807, 2.05) is 6.07 Å². The summed E-state index contributed by atoms with van der Waals surface area (Å²) >= 11 is 0. The van der Waals surface area contributed by atoms with Gasteiger partial charge in [-0.05, 0) is 25.8 Å². The van der Waals surface area contributed by atoms with Gasteiger partial charge in [0.1, 0.15) is 29.0 Å². The van der Waals surface area contributed by atoms with E-state index in [2.05, 4.69) is 25.6 Å². The minimum Gasteiger partial charge on any atom is -0.495 e. The van der Waals surface area contributed by atoms with Crippen molar-refractivity contribution in [1.29, 1.82) is 0 Å². The topological polar surface area (TPSA) is 89.3 Å². The number of hydrogen-bond donors (Lipinski definition) is 2. The molecule has 5 rings (SSSR count). The number of piperidine rings is 1. The van der Waals surface area contributed by atoms with Crippen LogP contribution in [0.2, 0.25) is 0 Å². The number of ether oxygens (including phenoxy) is 1. The van der Waals surface area contributed by atoms with Gasteiger partial charge in [0.15, 0.2) is 11.5 Å². The summed E-state index contributed by atoms with van der Waals surface area (Å²) < 4.78 is 36.2. The van der Waals surface area contributed by atoms with Gasteiger partial charge < -0.3 is 15.4 Å². The van der Waals surface area contributed by atoms with Crippen LogP contribution < -0.4 is 15.4 Å². The molecular weight excluding hydrogens is 416 g/mol. The van der Waals surface area contributed by atoms with Crippen LogP contribution in [0, 0.1) is 5.82 Å². The Morgan fingerprint density at radius 1 is 1.16 bits per heavy atom. The number of aromatic nitrogens is 5. The smallest absolute Gasteiger partial charge is 0.223 e. The fraction of sp³-hybridized carbons (Fsp3) is 0.545. The number of methoxy groups -OCH3 is 1. The fourth-order valence-electron chi connectivity index (χ4n) is 4.65. The first-order valence-electron chi connectivity index (χ1n) is 11.2. The SMILES string of the molecule is COc1cc2ncc(-c3nc(NC4CNCCC4F)ncc3F)n2nc1C1CCCCC1. The average Bonchev–Trinajstić information content (AvgIpc) is 3.24. The minimum atomic E-state index is -1.02. The Bertz CT molecular complexity index is 1100. The van der Waals surface area contributed by atoms with Crippen LogP contribution in [-0.4, -0.2) is 57.0 Å². The van der Waals surface area contributed by atoms with E-state index in [0.29, 0.717) is 42.5 Å². The van der Waals surface area contributed by atoms with Crippen LogP contribution in [0.15, 0.2) is 18.5 Å². The lowest BCUT2D eigenvalue weighted by Crippen LogP contribution is -2.46. The number of hydrogen-bond acceptors (Lipinski definition) is 7. The quantitative estimate of drug-likeness (QED) is 0.624. The van der Waals surface area contributed by atoms with Gasteiger partial charge in [-0.1, -0.05) is 19.3 Å². The molecule has 1 aliphatic carbocycles. The maximum atomic E-state index is 14.8. The molecule has 32 heavy (non-hydrogen) atoms. The zero-order valence-electron chi connectivity index (χ0n) is 18.0. The summed E-state index contributed by atoms with van der Waals surface area (Å²) in [5.41, 5.74) is 1.90. The van der Waals surface area contributed by atoms with Crippen LogP contribution in [0.5, 0.6) is 5.75 Å². The normalized spacial score (nSPS) is 22.2. The van der Waals surface area contributed by atoms with Crippen LogP contribution in [0.1, 0.15) is 50.1 Å². The van der Waals surface area contributed by atoms with Crippen molar-refractivity contribution in [3.05, 3.63) is 30.0 Å². The molecule has 2 N–H and O–H groups in total. The lowest BCUT2D eigenvalue weighted by molar-refractivity contribution is 0.240. The van der Waals surface area contributed by atoms with Gasteiger partial charge in [0.25, 0.3) is 0 Å². The highest BCUT2D eigenvalue weighted by Crippen LogP contribution is 2.37. The molecule has 0 amide bonds. The lowest BCUT2D eigenvalue weighted by atomic mass is 9.86. The van der Waals surface area contributed by atoms with Gasteiger partial charge in [0, 0.05) is 18.5 Å². The van der Waals surface area contributed by atoms with E-state index >= 15 is 0 Å². The van der Waals surface area contributed by atoms with Crippen LogP contribution in [-0.2, 0) is 0 Å². The highest BCUT2D eigenvalue weighted by atomic mass is 19.1. The molecule has 0 spiro atoms. The predicted octanol–water partition coefficient (Wildman–Crippen LogP) is 3.49. The molecule has 2 atom stereocenters. The molecule has 1 saturated heterocycles. The molecule has 4 heterocycles. The summed E-state index contributed by atoms with van der Waals surface area (Å²) in [6.45, 7) is 1.09. The van der Waals surface area contributed by atoms with E-state index in [9.17, 15) is 8.78 Å². The third-order valence-electron chi connectivity index (χ3n) is 6.40. The summed E-state index contributed by atoms with van der Waals surface area (Å²) in [6.07, 6.45) is 7.68. The van der Waals surface area contributed by atoms with Crippen molar-refractivity contribution in [2.75, 3.05) is 25.5 Å². The monoisotopic (exact) mass is 443 g/mol. The number of rotatable bonds is 5. The Balaban J connectivity index is 1.52. The Labute approximate surface area is 184 Å². The second-order valence-electron chi connectivity index (χ2n) is 8.50. The van der Waals surface area contributed by atoms with E-state index in [1.165, 1.54) is 6.42 Å². The number of halogens is 2. The second-order valence-corrected chi connectivity index (χ2v) is 8.50. The summed E-state index contributed by atoms with van der Waals surface area (Å²) in [7, 11) is 1.63. The molecule has 3 aromatic rings. The highest BCUT2D eigenvalue weighted by molar-refractivity contribution is 5.62. The molecule has 8 nitrogen and oxygen atoms in total. The standard InChI is InChI=1S/C22H27F2N7O/c1-32-18-9-19-26-12-17(31(19)30-20(18)13-5-3-2-4-6-13)21-15(24)10-27-22(29-21)28-16-11-25-8-7-14(16)23/h9-10,12-14,16,25H,2-8,11H2,1H3,(H,27,28,29). The van der Waals surface area contributed by atoms with Gasteiger partial charge in [-0.2, -0.15) is 5.10 Å². The van der Waals surface area contributed by atoms with Crippen molar-refractivity contribution in [2.45, 2.75) is 56.7 Å². The fourth-order valence-corrected chi connectivity index (χ4v) is 4.65. The molecule has 0 radical (unpaired) electrons. The molecule has 2 aliphatic rings. The second kappa shape index (κ2) is 8.93. The first kappa shape index (κ1) is 21.0. The molecule has 2 unspecified atom stereocenters. The number of anilines is 1. The van der Waals surface area contributed by atoms with Gasteiger partial charge in [0.2, 0.25) is 5.95 Å². The Morgan fingerprint density at radius 2 is 2.00 bits per heavy atom. The first-order chi connectivity index (χ1) is 15.6. The maximum Gasteiger partial charge on any atom is 0.223 e. The number of alkyl halides is 1. The van der Waals surface area contributed by atoms with Crippen LogP contribution >= 0.6 is 0 Å². The number of imidazole rings is 1. The number of fused-ring (bicyclic) bond motifs is 1. The molecule has 1 saturated carbocycles. The largest absolute Gasteiger partial charge is 0.495 e. The molecule has 2 fully saturated rings. The van der Waals surface area contributed by atoms with Crippen LogP contribution in [0.4, 0.5) is 14.7 Å². The highest BCUT2D eigenvalue weighted by Gasteiger charge is 2.27. The van der Waals surface area contributed by atoms with Crippen LogP contribution in [0.25, 0.3) is 17.0 Å². The van der Waals surface area contributed by atoms with E-state index in [4.69, 9.17) is 9.84 Å². The Hall–Kier alpha value is -2.88. The third kappa shape index (κ3) is 3.99. The van der Waals surface area contributed by atoms with Gasteiger partial charge >= 0.3 is 0 Å². The Kier molecular flexibility index (Phi) is 5.86. The molecule has 0 bridgehead atoms. The minimum absolute atomic E-state index is 0.0708. The van der Waals surface area contributed by atoms with E-state index < -0.39 is 18.0 Å². The molecule has 170 valence electrons. The molecular formula is C22H27F2N7O. The van der Waals surface area contributed by atoms with Crippen molar-refractivity contribution < 1.29 is 13.5 Å². The van der Waals surface area contributed by atoms with E-state index in [-0.39, 0.29) is 11.6 Å². The molecule has 10 heteroatoms. The zero-order valence-corrected chi connectivity index (χ0v) is 18.0. The van der Waals surface area contributed by atoms with Crippen molar-refractivity contribution in [3.63, 3.8) is 0 Å². The average molecular weight is 444 g/mol. The van der Waals surface area contributed by atoms with E-state index in [0.717, 1.165) is 37.6 Å². The predicted molar refractivity (Wildman–Crippen MR) is 116 cm³/mol. The van der Waals surface area contributed by atoms with Crippen molar-refractivity contribution >= 4 is 11.6 Å². The summed E-state index contributed by atoms with van der Waals surface area (Å²) in [6, 6.07) is 1.37. The Morgan fingerprint density at radius 3 is 2.78 bits per heavy atom. The molecule has 0 aromatic carbocycles. The third-order valence-corrected chi connectivity index (χ3v) is 6.40. The van der Waals surface area contributed by atoms with E-state index in [1.54, 1.807) is 17.8 Å². The summed E-state index contributed by atoms with van der Waals surface area (Å²) in [4.78, 5) is 12.8. The summed E-state index contributed by atoms with van der Waals surface area (Å²) in [5.74, 6) is 0.582. The van der Waals surface area contributed by atoms with Gasteiger partial charge in [0.05, 0.1) is 25.5 Å². The van der Waals surface area contributed by atoms with Gasteiger partial charge in [-0.25, -0.2) is 28.2 Å². The summed E-state index contributed by atoms with van der Waals surface area (Å²) in [5, 5.41) is 11.0. The molecule has 3 aromatic heterocycles. The maximum absolute atomic E-state index is 14.8. The lowest BCUT2D eigenvalue weighted by Gasteiger charge is -2.27. The van der Waals surface area contributed by atoms with Crippen molar-refractivity contribution in [3.8, 4) is 17.1 Å². The first-order valence-corrected chi connectivity index (χ1v) is 11.2. The van der Waals surface area contributed by atoms with Crippen LogP contribution in [0.3, 0.4) is 0 Å². The van der Waals surface area contributed by atoms with Crippen molar-refractivity contribution in [2.24, 2.45) is 0 Å². The zero-order chi connectivity index (χ0) is 22.1. The van der Waals surface area contributed by atoms with Gasteiger partial charge in [-0.15, -0.1) is 0 Å².